The van der Waals surface area contributed by atoms with Gasteiger partial charge in [-0.1, -0.05) is 12.1 Å². The van der Waals surface area contributed by atoms with E-state index in [1.54, 1.807) is 42.5 Å². The molecule has 0 bridgehead atoms. The molecule has 136 valence electrons. The van der Waals surface area contributed by atoms with Crippen LogP contribution in [0.1, 0.15) is 28.8 Å². The molecule has 8 heteroatoms. The summed E-state index contributed by atoms with van der Waals surface area (Å²) in [7, 11) is 0. The summed E-state index contributed by atoms with van der Waals surface area (Å²) in [5, 5.41) is 2.75. The minimum Gasteiger partial charge on any atom is -0.408 e. The average molecular weight is 365 g/mol. The zero-order valence-corrected chi connectivity index (χ0v) is 14.2. The second-order valence-corrected chi connectivity index (χ2v) is 6.25. The van der Waals surface area contributed by atoms with Gasteiger partial charge in [-0.05, 0) is 35.9 Å². The quantitative estimate of drug-likeness (QED) is 0.687. The van der Waals surface area contributed by atoms with E-state index >= 15 is 0 Å². The number of benzene rings is 2. The Balaban J connectivity index is 1.46. The van der Waals surface area contributed by atoms with E-state index in [2.05, 4.69) is 10.3 Å². The topological polar surface area (TPSA) is 112 Å². The summed E-state index contributed by atoms with van der Waals surface area (Å²) >= 11 is 0. The standard InChI is InChI=1S/C19H15N3O5/c23-16-7-8-17(24)22(16)10-11-1-3-12(4-2-11)18(25)20-13-5-6-15-14(9-13)21-19(26)27-15/h1-6,9H,7-8,10H2,(H,20,25)(H,21,26). The first kappa shape index (κ1) is 16.8. The Morgan fingerprint density at radius 2 is 1.74 bits per heavy atom. The number of anilines is 1. The molecule has 1 aliphatic heterocycles. The van der Waals surface area contributed by atoms with Crippen molar-refractivity contribution in [1.29, 1.82) is 0 Å². The number of hydrogen-bond acceptors (Lipinski definition) is 5. The number of H-pyrrole nitrogens is 1. The van der Waals surface area contributed by atoms with Crippen molar-refractivity contribution in [1.82, 2.24) is 9.88 Å². The van der Waals surface area contributed by atoms with E-state index in [9.17, 15) is 19.2 Å². The van der Waals surface area contributed by atoms with Crippen molar-refractivity contribution in [2.45, 2.75) is 19.4 Å². The number of nitrogens with one attached hydrogen (secondary N) is 2. The fourth-order valence-electron chi connectivity index (χ4n) is 2.98. The van der Waals surface area contributed by atoms with E-state index in [0.717, 1.165) is 5.56 Å². The number of rotatable bonds is 4. The van der Waals surface area contributed by atoms with E-state index in [0.29, 0.717) is 22.4 Å². The smallest absolute Gasteiger partial charge is 0.408 e. The van der Waals surface area contributed by atoms with E-state index < -0.39 is 5.76 Å². The van der Waals surface area contributed by atoms with Crippen molar-refractivity contribution in [3.05, 3.63) is 64.1 Å². The molecule has 0 radical (unpaired) electrons. The number of carbonyl (C=O) groups excluding carboxylic acids is 3. The minimum atomic E-state index is -0.556. The molecule has 0 unspecified atom stereocenters. The van der Waals surface area contributed by atoms with Crippen LogP contribution in [0.2, 0.25) is 0 Å². The van der Waals surface area contributed by atoms with Crippen LogP contribution in [0.3, 0.4) is 0 Å². The zero-order valence-electron chi connectivity index (χ0n) is 14.2. The largest absolute Gasteiger partial charge is 0.417 e. The third kappa shape index (κ3) is 3.37. The van der Waals surface area contributed by atoms with Gasteiger partial charge in [-0.15, -0.1) is 0 Å². The van der Waals surface area contributed by atoms with Gasteiger partial charge in [-0.25, -0.2) is 4.79 Å². The van der Waals surface area contributed by atoms with Crippen molar-refractivity contribution >= 4 is 34.5 Å². The number of fused-ring (bicyclic) bond motifs is 1. The van der Waals surface area contributed by atoms with Gasteiger partial charge in [0, 0.05) is 24.1 Å². The predicted molar refractivity (Wildman–Crippen MR) is 96.0 cm³/mol. The lowest BCUT2D eigenvalue weighted by atomic mass is 10.1. The van der Waals surface area contributed by atoms with Crippen molar-refractivity contribution in [2.24, 2.45) is 0 Å². The van der Waals surface area contributed by atoms with Crippen LogP contribution in [0.4, 0.5) is 5.69 Å². The van der Waals surface area contributed by atoms with Gasteiger partial charge >= 0.3 is 5.76 Å². The first-order chi connectivity index (χ1) is 13.0. The van der Waals surface area contributed by atoms with Crippen molar-refractivity contribution in [3.8, 4) is 0 Å². The number of carbonyl (C=O) groups is 3. The lowest BCUT2D eigenvalue weighted by Gasteiger charge is -2.14. The van der Waals surface area contributed by atoms with Gasteiger partial charge in [0.25, 0.3) is 5.91 Å². The molecule has 4 rings (SSSR count). The first-order valence-corrected chi connectivity index (χ1v) is 8.36. The predicted octanol–water partition coefficient (Wildman–Crippen LogP) is 2.02. The maximum absolute atomic E-state index is 12.4. The number of imide groups is 1. The van der Waals surface area contributed by atoms with E-state index in [1.165, 1.54) is 4.90 Å². The number of oxazole rings is 1. The molecule has 27 heavy (non-hydrogen) atoms. The Hall–Kier alpha value is -3.68. The van der Waals surface area contributed by atoms with Gasteiger partial charge in [0.2, 0.25) is 11.8 Å². The van der Waals surface area contributed by atoms with Crippen LogP contribution < -0.4 is 11.1 Å². The van der Waals surface area contributed by atoms with Gasteiger partial charge in [0.05, 0.1) is 12.1 Å². The Labute approximate surface area is 152 Å². The summed E-state index contributed by atoms with van der Waals surface area (Å²) in [6.45, 7) is 0.212. The van der Waals surface area contributed by atoms with Gasteiger partial charge in [0.15, 0.2) is 5.58 Å². The van der Waals surface area contributed by atoms with Gasteiger partial charge in [-0.2, -0.15) is 0 Å². The molecule has 1 aromatic heterocycles. The average Bonchev–Trinajstić information content (AvgIpc) is 3.17. The molecule has 2 aromatic carbocycles. The molecule has 0 aliphatic carbocycles. The second-order valence-electron chi connectivity index (χ2n) is 6.25. The lowest BCUT2D eigenvalue weighted by Crippen LogP contribution is -2.28. The summed E-state index contributed by atoms with van der Waals surface area (Å²) in [4.78, 5) is 50.7. The number of amides is 3. The molecule has 2 N–H and O–H groups in total. The van der Waals surface area contributed by atoms with Crippen LogP contribution in [0, 0.1) is 0 Å². The highest BCUT2D eigenvalue weighted by molar-refractivity contribution is 6.05. The normalized spacial score (nSPS) is 14.1. The first-order valence-electron chi connectivity index (χ1n) is 8.36. The number of likely N-dealkylation sites (tertiary alicyclic amines) is 1. The van der Waals surface area contributed by atoms with Gasteiger partial charge < -0.3 is 9.73 Å². The lowest BCUT2D eigenvalue weighted by molar-refractivity contribution is -0.139. The third-order valence-corrected chi connectivity index (χ3v) is 4.39. The maximum atomic E-state index is 12.4. The fraction of sp³-hybridized carbons (Fsp3) is 0.158. The molecule has 1 aliphatic rings. The fourth-order valence-corrected chi connectivity index (χ4v) is 2.98. The summed E-state index contributed by atoms with van der Waals surface area (Å²) in [6, 6.07) is 11.5. The SMILES string of the molecule is O=C(Nc1ccc2oc(=O)[nH]c2c1)c1ccc(CN2C(=O)CCC2=O)cc1. The molecule has 8 nitrogen and oxygen atoms in total. The number of aromatic amines is 1. The van der Waals surface area contributed by atoms with E-state index in [-0.39, 0.29) is 37.1 Å². The van der Waals surface area contributed by atoms with Crippen LogP contribution in [0.5, 0.6) is 0 Å². The summed E-state index contributed by atoms with van der Waals surface area (Å²) in [5.41, 5.74) is 2.62. The monoisotopic (exact) mass is 365 g/mol. The molecular weight excluding hydrogens is 350 g/mol. The Morgan fingerprint density at radius 3 is 2.44 bits per heavy atom. The molecule has 3 aromatic rings. The highest BCUT2D eigenvalue weighted by Gasteiger charge is 2.28. The molecular formula is C19H15N3O5. The number of nitrogens with zero attached hydrogens (tertiary/aromatic N) is 1. The molecule has 0 atom stereocenters. The molecule has 3 amide bonds. The van der Waals surface area contributed by atoms with Crippen molar-refractivity contribution in [2.75, 3.05) is 5.32 Å². The number of hydrogen-bond donors (Lipinski definition) is 2. The summed E-state index contributed by atoms with van der Waals surface area (Å²) in [5.74, 6) is -1.22. The molecule has 0 spiro atoms. The molecule has 1 saturated heterocycles. The van der Waals surface area contributed by atoms with Crippen LogP contribution in [0.25, 0.3) is 11.1 Å². The Morgan fingerprint density at radius 1 is 1.04 bits per heavy atom. The van der Waals surface area contributed by atoms with Crippen LogP contribution in [-0.2, 0) is 16.1 Å². The van der Waals surface area contributed by atoms with E-state index in [4.69, 9.17) is 4.42 Å². The van der Waals surface area contributed by atoms with Crippen LogP contribution in [0.15, 0.2) is 51.7 Å². The highest BCUT2D eigenvalue weighted by atomic mass is 16.4. The zero-order chi connectivity index (χ0) is 19.0. The van der Waals surface area contributed by atoms with Gasteiger partial charge in [-0.3, -0.25) is 24.3 Å². The van der Waals surface area contributed by atoms with E-state index in [1.807, 2.05) is 0 Å². The Bertz CT molecular complexity index is 1090. The minimum absolute atomic E-state index is 0.172. The van der Waals surface area contributed by atoms with Crippen LogP contribution >= 0.6 is 0 Å². The highest BCUT2D eigenvalue weighted by Crippen LogP contribution is 2.18. The molecule has 0 saturated carbocycles. The van der Waals surface area contributed by atoms with Crippen LogP contribution in [-0.4, -0.2) is 27.6 Å². The van der Waals surface area contributed by atoms with Crippen molar-refractivity contribution in [3.63, 3.8) is 0 Å². The molecule has 1 fully saturated rings. The maximum Gasteiger partial charge on any atom is 0.417 e. The number of aromatic nitrogens is 1. The van der Waals surface area contributed by atoms with Gasteiger partial charge in [0.1, 0.15) is 0 Å². The Kier molecular flexibility index (Phi) is 4.08. The third-order valence-electron chi connectivity index (χ3n) is 4.39. The molecule has 2 heterocycles. The summed E-state index contributed by atoms with van der Waals surface area (Å²) < 4.78 is 4.92. The second kappa shape index (κ2) is 6.56. The van der Waals surface area contributed by atoms with Crippen molar-refractivity contribution < 1.29 is 18.8 Å². The summed E-state index contributed by atoms with van der Waals surface area (Å²) in [6.07, 6.45) is 0.511.